The fourth-order valence-electron chi connectivity index (χ4n) is 4.80. The zero-order valence-corrected chi connectivity index (χ0v) is 18.7. The highest BCUT2D eigenvalue weighted by Gasteiger charge is 2.30. The van der Waals surface area contributed by atoms with Crippen molar-refractivity contribution in [3.05, 3.63) is 47.8 Å². The molecule has 4 rings (SSSR count). The predicted octanol–water partition coefficient (Wildman–Crippen LogP) is 2.96. The molecule has 1 amide bonds. The molecule has 3 heterocycles. The van der Waals surface area contributed by atoms with Crippen LogP contribution >= 0.6 is 0 Å². The maximum atomic E-state index is 13.2. The molecular weight excluding hydrogens is 392 g/mol. The number of ether oxygens (including phenoxy) is 1. The normalized spacial score (nSPS) is 20.1. The van der Waals surface area contributed by atoms with Gasteiger partial charge in [0.05, 0.1) is 17.4 Å². The SMILES string of the molecule is CCn1ccc2c1C(OC)CCN(CCCN1CCN(c3ccc(O)cc3)CC1)C2=O. The van der Waals surface area contributed by atoms with Gasteiger partial charge in [0.15, 0.2) is 0 Å². The molecule has 0 bridgehead atoms. The Hall–Kier alpha value is -2.51. The van der Waals surface area contributed by atoms with Gasteiger partial charge in [-0.1, -0.05) is 0 Å². The summed E-state index contributed by atoms with van der Waals surface area (Å²) < 4.78 is 7.86. The third kappa shape index (κ3) is 4.72. The largest absolute Gasteiger partial charge is 0.508 e. The molecule has 168 valence electrons. The number of methoxy groups -OCH3 is 1. The number of rotatable bonds is 7. The van der Waals surface area contributed by atoms with Gasteiger partial charge in [-0.05, 0) is 56.6 Å². The van der Waals surface area contributed by atoms with Crippen LogP contribution in [0, 0.1) is 0 Å². The quantitative estimate of drug-likeness (QED) is 0.738. The first-order valence-corrected chi connectivity index (χ1v) is 11.4. The van der Waals surface area contributed by atoms with Crippen molar-refractivity contribution < 1.29 is 14.6 Å². The van der Waals surface area contributed by atoms with Crippen LogP contribution in [-0.2, 0) is 11.3 Å². The van der Waals surface area contributed by atoms with Crippen LogP contribution in [0.3, 0.4) is 0 Å². The molecule has 1 fully saturated rings. The number of carbonyl (C=O) groups excluding carboxylic acids is 1. The number of aromatic hydroxyl groups is 1. The number of phenols is 1. The van der Waals surface area contributed by atoms with Crippen molar-refractivity contribution in [3.8, 4) is 5.75 Å². The molecule has 2 aromatic rings. The highest BCUT2D eigenvalue weighted by atomic mass is 16.5. The monoisotopic (exact) mass is 426 g/mol. The van der Waals surface area contributed by atoms with Gasteiger partial charge >= 0.3 is 0 Å². The fourth-order valence-corrected chi connectivity index (χ4v) is 4.80. The molecule has 1 saturated heterocycles. The third-order valence-electron chi connectivity index (χ3n) is 6.61. The minimum absolute atomic E-state index is 0.0214. The Morgan fingerprint density at radius 2 is 1.77 bits per heavy atom. The second-order valence-corrected chi connectivity index (χ2v) is 8.40. The molecule has 1 aromatic carbocycles. The fraction of sp³-hybridized carbons (Fsp3) is 0.542. The van der Waals surface area contributed by atoms with E-state index in [-0.39, 0.29) is 12.0 Å². The third-order valence-corrected chi connectivity index (χ3v) is 6.61. The minimum atomic E-state index is -0.0214. The van der Waals surface area contributed by atoms with Gasteiger partial charge in [0.2, 0.25) is 0 Å². The van der Waals surface area contributed by atoms with E-state index in [0.29, 0.717) is 5.75 Å². The van der Waals surface area contributed by atoms with Crippen LogP contribution < -0.4 is 4.90 Å². The number of nitrogens with zero attached hydrogens (tertiary/aromatic N) is 4. The van der Waals surface area contributed by atoms with E-state index in [9.17, 15) is 9.90 Å². The highest BCUT2D eigenvalue weighted by Crippen LogP contribution is 2.30. The van der Waals surface area contributed by atoms with Gasteiger partial charge in [-0.2, -0.15) is 0 Å². The smallest absolute Gasteiger partial charge is 0.255 e. The molecule has 1 N–H and O–H groups in total. The van der Waals surface area contributed by atoms with Crippen LogP contribution in [0.25, 0.3) is 0 Å². The van der Waals surface area contributed by atoms with E-state index in [4.69, 9.17) is 4.74 Å². The number of anilines is 1. The lowest BCUT2D eigenvalue weighted by Crippen LogP contribution is -2.47. The molecule has 1 unspecified atom stereocenters. The van der Waals surface area contributed by atoms with Crippen molar-refractivity contribution in [1.29, 1.82) is 0 Å². The molecule has 1 atom stereocenters. The van der Waals surface area contributed by atoms with E-state index >= 15 is 0 Å². The van der Waals surface area contributed by atoms with Gasteiger partial charge in [-0.15, -0.1) is 0 Å². The first-order valence-electron chi connectivity index (χ1n) is 11.4. The summed E-state index contributed by atoms with van der Waals surface area (Å²) in [7, 11) is 1.74. The summed E-state index contributed by atoms with van der Waals surface area (Å²) in [5, 5.41) is 9.47. The Labute approximate surface area is 184 Å². The molecule has 2 aliphatic heterocycles. The minimum Gasteiger partial charge on any atom is -0.508 e. The van der Waals surface area contributed by atoms with Crippen LogP contribution in [0.1, 0.15) is 41.9 Å². The molecular formula is C24H34N4O3. The van der Waals surface area contributed by atoms with E-state index in [0.717, 1.165) is 82.1 Å². The molecule has 0 saturated carbocycles. The first-order chi connectivity index (χ1) is 15.1. The van der Waals surface area contributed by atoms with E-state index in [1.807, 2.05) is 29.3 Å². The van der Waals surface area contributed by atoms with Gasteiger partial charge in [0, 0.05) is 64.8 Å². The van der Waals surface area contributed by atoms with Crippen molar-refractivity contribution >= 4 is 11.6 Å². The zero-order chi connectivity index (χ0) is 21.8. The summed E-state index contributed by atoms with van der Waals surface area (Å²) in [6, 6.07) is 9.39. The molecule has 0 aliphatic carbocycles. The van der Waals surface area contributed by atoms with Gasteiger partial charge in [-0.3, -0.25) is 9.69 Å². The number of hydrogen-bond donors (Lipinski definition) is 1. The number of aryl methyl sites for hydroxylation is 1. The first kappa shape index (κ1) is 21.7. The Morgan fingerprint density at radius 1 is 1.03 bits per heavy atom. The molecule has 7 heteroatoms. The number of aromatic nitrogens is 1. The second kappa shape index (κ2) is 9.75. The number of carbonyl (C=O) groups is 1. The lowest BCUT2D eigenvalue weighted by Gasteiger charge is -2.36. The van der Waals surface area contributed by atoms with Crippen molar-refractivity contribution in [2.24, 2.45) is 0 Å². The van der Waals surface area contributed by atoms with Crippen LogP contribution in [0.15, 0.2) is 36.5 Å². The molecule has 0 spiro atoms. The van der Waals surface area contributed by atoms with Crippen molar-refractivity contribution in [2.75, 3.05) is 57.8 Å². The average molecular weight is 427 g/mol. The van der Waals surface area contributed by atoms with Crippen LogP contribution in [0.4, 0.5) is 5.69 Å². The topological polar surface area (TPSA) is 61.2 Å². The molecule has 1 aromatic heterocycles. The summed E-state index contributed by atoms with van der Waals surface area (Å²) in [5.41, 5.74) is 2.99. The molecule has 31 heavy (non-hydrogen) atoms. The van der Waals surface area contributed by atoms with Crippen molar-refractivity contribution in [2.45, 2.75) is 32.4 Å². The number of fused-ring (bicyclic) bond motifs is 1. The number of phenolic OH excluding ortho intramolecular Hbond substituents is 1. The number of hydrogen-bond acceptors (Lipinski definition) is 5. The summed E-state index contributed by atoms with van der Waals surface area (Å²) in [6.07, 6.45) is 3.80. The number of benzene rings is 1. The van der Waals surface area contributed by atoms with E-state index < -0.39 is 0 Å². The molecule has 2 aliphatic rings. The standard InChI is InChI=1S/C24H34N4O3/c1-3-26-13-9-21-23(26)22(31-2)10-14-28(24(21)30)12-4-11-25-15-17-27(18-16-25)19-5-7-20(29)8-6-19/h5-9,13,22,29H,3-4,10-12,14-18H2,1-2H3. The van der Waals surface area contributed by atoms with Crippen molar-refractivity contribution in [3.63, 3.8) is 0 Å². The lowest BCUT2D eigenvalue weighted by molar-refractivity contribution is 0.0687. The Morgan fingerprint density at radius 3 is 2.45 bits per heavy atom. The van der Waals surface area contributed by atoms with E-state index in [1.165, 1.54) is 0 Å². The lowest BCUT2D eigenvalue weighted by atomic mass is 10.1. The number of piperazine rings is 1. The summed E-state index contributed by atoms with van der Waals surface area (Å²) in [5.74, 6) is 0.444. The van der Waals surface area contributed by atoms with Gasteiger partial charge in [-0.25, -0.2) is 0 Å². The summed E-state index contributed by atoms with van der Waals surface area (Å²) >= 11 is 0. The van der Waals surface area contributed by atoms with Gasteiger partial charge in [0.25, 0.3) is 5.91 Å². The summed E-state index contributed by atoms with van der Waals surface area (Å²) in [4.78, 5) is 20.0. The van der Waals surface area contributed by atoms with Gasteiger partial charge in [0.1, 0.15) is 5.75 Å². The highest BCUT2D eigenvalue weighted by molar-refractivity contribution is 5.96. The predicted molar refractivity (Wildman–Crippen MR) is 122 cm³/mol. The van der Waals surface area contributed by atoms with Crippen molar-refractivity contribution in [1.82, 2.24) is 14.4 Å². The number of amides is 1. The Kier molecular flexibility index (Phi) is 6.83. The summed E-state index contributed by atoms with van der Waals surface area (Å²) in [6.45, 7) is 9.47. The van der Waals surface area contributed by atoms with E-state index in [1.54, 1.807) is 19.2 Å². The second-order valence-electron chi connectivity index (χ2n) is 8.40. The Balaban J connectivity index is 1.28. The maximum Gasteiger partial charge on any atom is 0.255 e. The Bertz CT molecular complexity index is 871. The van der Waals surface area contributed by atoms with E-state index in [2.05, 4.69) is 21.3 Å². The average Bonchev–Trinajstić information content (AvgIpc) is 3.17. The van der Waals surface area contributed by atoms with Gasteiger partial charge < -0.3 is 24.2 Å². The maximum absolute atomic E-state index is 13.2. The van der Waals surface area contributed by atoms with Crippen LogP contribution in [0.2, 0.25) is 0 Å². The van der Waals surface area contributed by atoms with Crippen LogP contribution in [0.5, 0.6) is 5.75 Å². The molecule has 0 radical (unpaired) electrons. The zero-order valence-electron chi connectivity index (χ0n) is 18.7. The molecule has 7 nitrogen and oxygen atoms in total. The van der Waals surface area contributed by atoms with Crippen LogP contribution in [-0.4, -0.2) is 78.3 Å².